The van der Waals surface area contributed by atoms with Gasteiger partial charge in [-0.2, -0.15) is 0 Å². The minimum atomic E-state index is -0.913. The van der Waals surface area contributed by atoms with Crippen LogP contribution in [0.25, 0.3) is 6.08 Å². The Labute approximate surface area is 213 Å². The van der Waals surface area contributed by atoms with E-state index in [4.69, 9.17) is 25.5 Å². The maximum absolute atomic E-state index is 13.7. The third-order valence-electron chi connectivity index (χ3n) is 5.44. The molecule has 0 saturated carbocycles. The molecule has 0 amide bonds. The number of hydrogen-bond donors (Lipinski definition) is 0. The molecule has 1 atom stereocenters. The normalized spacial score (nSPS) is 15.4. The van der Waals surface area contributed by atoms with Crippen molar-refractivity contribution in [1.29, 1.82) is 0 Å². The molecule has 10 nitrogen and oxygen atoms in total. The molecule has 0 unspecified atom stereocenters. The fourth-order valence-corrected chi connectivity index (χ4v) is 5.16. The first-order valence-corrected chi connectivity index (χ1v) is 12.3. The monoisotopic (exact) mass is 531 g/mol. The Morgan fingerprint density at radius 2 is 2.11 bits per heavy atom. The number of allylic oxidation sites excluding steroid dienone is 1. The van der Waals surface area contributed by atoms with Crippen molar-refractivity contribution in [2.75, 3.05) is 13.7 Å². The fraction of sp³-hybridized carbons (Fsp3) is 0.292. The Balaban J connectivity index is 2.03. The van der Waals surface area contributed by atoms with Crippen LogP contribution in [0.1, 0.15) is 44.1 Å². The summed E-state index contributed by atoms with van der Waals surface area (Å²) in [5.41, 5.74) is 0.774. The van der Waals surface area contributed by atoms with Crippen molar-refractivity contribution < 1.29 is 23.6 Å². The van der Waals surface area contributed by atoms with Gasteiger partial charge in [-0.05, 0) is 37.6 Å². The van der Waals surface area contributed by atoms with E-state index >= 15 is 0 Å². The quantitative estimate of drug-likeness (QED) is 0.246. The number of aromatic nitrogens is 1. The van der Waals surface area contributed by atoms with E-state index in [9.17, 15) is 19.7 Å². The summed E-state index contributed by atoms with van der Waals surface area (Å²) in [6, 6.07) is 6.66. The lowest BCUT2D eigenvalue weighted by Crippen LogP contribution is -2.40. The summed E-state index contributed by atoms with van der Waals surface area (Å²) in [7, 11) is 1.49. The molecule has 36 heavy (non-hydrogen) atoms. The Kier molecular flexibility index (Phi) is 7.41. The minimum absolute atomic E-state index is 0.141. The summed E-state index contributed by atoms with van der Waals surface area (Å²) in [6.45, 7) is 3.80. The second-order valence-electron chi connectivity index (χ2n) is 7.73. The average Bonchev–Trinajstić information content (AvgIpc) is 3.43. The molecule has 3 heterocycles. The third-order valence-corrected chi connectivity index (χ3v) is 6.66. The zero-order valence-electron chi connectivity index (χ0n) is 19.6. The van der Waals surface area contributed by atoms with Crippen molar-refractivity contribution in [2.45, 2.75) is 32.7 Å². The lowest BCUT2D eigenvalue weighted by Gasteiger charge is -2.27. The molecule has 0 N–H and O–H groups in total. The predicted octanol–water partition coefficient (Wildman–Crippen LogP) is 3.74. The van der Waals surface area contributed by atoms with Gasteiger partial charge < -0.3 is 13.9 Å². The van der Waals surface area contributed by atoms with E-state index < -0.39 is 28.4 Å². The second-order valence-corrected chi connectivity index (χ2v) is 9.18. The predicted molar refractivity (Wildman–Crippen MR) is 133 cm³/mol. The summed E-state index contributed by atoms with van der Waals surface area (Å²) >= 11 is 7.40. The van der Waals surface area contributed by atoms with Crippen LogP contribution in [0.3, 0.4) is 0 Å². The number of rotatable bonds is 8. The standard InChI is InChI=1S/C24H22ClN3O7S/c1-4-6-16-20(23(30)34-5-2)21(15-11-13(25)7-9-17(15)33-3)27-22(29)18(36-24(27)26-16)12-14-8-10-19(35-14)28(31)32/h7-12,21H,4-6H2,1-3H3/b18-12+/t21-/m1/s1. The molecule has 0 spiro atoms. The number of esters is 1. The number of methoxy groups -OCH3 is 1. The Bertz CT molecular complexity index is 1550. The first-order chi connectivity index (χ1) is 17.3. The van der Waals surface area contributed by atoms with Gasteiger partial charge in [-0.25, -0.2) is 9.79 Å². The molecule has 2 aromatic heterocycles. The maximum atomic E-state index is 13.7. The number of halogens is 1. The number of carbonyl (C=O) groups excluding carboxylic acids is 1. The first kappa shape index (κ1) is 25.4. The van der Waals surface area contributed by atoms with Crippen LogP contribution in [-0.4, -0.2) is 29.2 Å². The molecule has 1 aliphatic heterocycles. The maximum Gasteiger partial charge on any atom is 0.433 e. The van der Waals surface area contributed by atoms with Crippen LogP contribution in [0.5, 0.6) is 5.75 Å². The molecular weight excluding hydrogens is 510 g/mol. The molecule has 0 fully saturated rings. The van der Waals surface area contributed by atoms with Crippen molar-refractivity contribution in [3.05, 3.63) is 87.8 Å². The van der Waals surface area contributed by atoms with Crippen molar-refractivity contribution in [3.8, 4) is 5.75 Å². The Morgan fingerprint density at radius 1 is 1.33 bits per heavy atom. The van der Waals surface area contributed by atoms with Crippen molar-refractivity contribution in [2.24, 2.45) is 4.99 Å². The minimum Gasteiger partial charge on any atom is -0.496 e. The number of hydrogen-bond acceptors (Lipinski definition) is 9. The first-order valence-electron chi connectivity index (χ1n) is 11.1. The largest absolute Gasteiger partial charge is 0.496 e. The number of benzene rings is 1. The van der Waals surface area contributed by atoms with Gasteiger partial charge in [-0.1, -0.05) is 36.3 Å². The van der Waals surface area contributed by atoms with Crippen LogP contribution in [0.15, 0.2) is 55.8 Å². The topological polar surface area (TPSA) is 126 Å². The second kappa shape index (κ2) is 10.5. The number of fused-ring (bicyclic) bond motifs is 1. The lowest BCUT2D eigenvalue weighted by atomic mass is 9.93. The van der Waals surface area contributed by atoms with E-state index in [0.29, 0.717) is 39.7 Å². The molecule has 1 aromatic carbocycles. The molecule has 0 radical (unpaired) electrons. The van der Waals surface area contributed by atoms with Gasteiger partial charge in [0.15, 0.2) is 4.80 Å². The van der Waals surface area contributed by atoms with E-state index in [-0.39, 0.29) is 22.5 Å². The Hall–Kier alpha value is -3.70. The van der Waals surface area contributed by atoms with E-state index in [1.54, 1.807) is 25.1 Å². The summed E-state index contributed by atoms with van der Waals surface area (Å²) < 4.78 is 17.7. The van der Waals surface area contributed by atoms with Gasteiger partial charge in [0, 0.05) is 16.7 Å². The van der Waals surface area contributed by atoms with Crippen molar-refractivity contribution >= 4 is 40.9 Å². The summed E-state index contributed by atoms with van der Waals surface area (Å²) in [5, 5.41) is 11.4. The van der Waals surface area contributed by atoms with Gasteiger partial charge in [0.2, 0.25) is 0 Å². The van der Waals surface area contributed by atoms with Gasteiger partial charge >= 0.3 is 11.9 Å². The van der Waals surface area contributed by atoms with Crippen molar-refractivity contribution in [3.63, 3.8) is 0 Å². The van der Waals surface area contributed by atoms with E-state index in [0.717, 1.165) is 11.3 Å². The van der Waals surface area contributed by atoms with Gasteiger partial charge in [0.05, 0.1) is 35.6 Å². The molecule has 4 rings (SSSR count). The van der Waals surface area contributed by atoms with Gasteiger partial charge in [-0.15, -0.1) is 0 Å². The zero-order chi connectivity index (χ0) is 26.0. The smallest absolute Gasteiger partial charge is 0.433 e. The molecule has 12 heteroatoms. The number of thiazole rings is 1. The lowest BCUT2D eigenvalue weighted by molar-refractivity contribution is -0.402. The van der Waals surface area contributed by atoms with Gasteiger partial charge in [0.25, 0.3) is 5.56 Å². The van der Waals surface area contributed by atoms with E-state index in [1.807, 2.05) is 6.92 Å². The van der Waals surface area contributed by atoms with E-state index in [1.165, 1.54) is 29.9 Å². The van der Waals surface area contributed by atoms with Crippen LogP contribution >= 0.6 is 22.9 Å². The van der Waals surface area contributed by atoms with Crippen LogP contribution < -0.4 is 19.6 Å². The van der Waals surface area contributed by atoms with Crippen LogP contribution in [-0.2, 0) is 9.53 Å². The van der Waals surface area contributed by atoms with E-state index in [2.05, 4.69) is 4.99 Å². The van der Waals surface area contributed by atoms with Crippen LogP contribution in [0, 0.1) is 10.1 Å². The average molecular weight is 532 g/mol. The highest BCUT2D eigenvalue weighted by atomic mass is 35.5. The zero-order valence-corrected chi connectivity index (χ0v) is 21.2. The number of furan rings is 1. The molecule has 0 aliphatic carbocycles. The van der Waals surface area contributed by atoms with Gasteiger partial charge in [0.1, 0.15) is 22.5 Å². The number of nitrogens with zero attached hydrogens (tertiary/aromatic N) is 3. The summed E-state index contributed by atoms with van der Waals surface area (Å²) in [6.07, 6.45) is 2.59. The highest BCUT2D eigenvalue weighted by molar-refractivity contribution is 7.07. The van der Waals surface area contributed by atoms with Gasteiger partial charge in [-0.3, -0.25) is 19.5 Å². The number of nitro groups is 1. The number of carbonyl (C=O) groups is 1. The summed E-state index contributed by atoms with van der Waals surface area (Å²) in [4.78, 5) is 42.2. The Morgan fingerprint density at radius 3 is 2.75 bits per heavy atom. The summed E-state index contributed by atoms with van der Waals surface area (Å²) in [5.74, 6) is -0.458. The fourth-order valence-electron chi connectivity index (χ4n) is 3.98. The molecule has 188 valence electrons. The molecule has 0 bridgehead atoms. The highest BCUT2D eigenvalue weighted by Crippen LogP contribution is 2.38. The molecule has 1 aliphatic rings. The third kappa shape index (κ3) is 4.71. The number of ether oxygens (including phenoxy) is 2. The van der Waals surface area contributed by atoms with Crippen LogP contribution in [0.4, 0.5) is 5.88 Å². The molecule has 0 saturated heterocycles. The molecule has 3 aromatic rings. The SMILES string of the molecule is CCCC1=C(C(=O)OCC)[C@@H](c2cc(Cl)ccc2OC)n2c(s/c(=C/c3ccc([N+](=O)[O-])o3)c2=O)=N1. The van der Waals surface area contributed by atoms with Crippen molar-refractivity contribution in [1.82, 2.24) is 4.57 Å². The highest BCUT2D eigenvalue weighted by Gasteiger charge is 2.36. The van der Waals surface area contributed by atoms with Crippen LogP contribution in [0.2, 0.25) is 5.02 Å². The molecular formula is C24H22ClN3O7S.